The Labute approximate surface area is 123 Å². The highest BCUT2D eigenvalue weighted by molar-refractivity contribution is 14.1. The Hall–Kier alpha value is -0.0100. The molecule has 0 amide bonds. The average molecular weight is 392 g/mol. The van der Waals surface area contributed by atoms with Crippen LogP contribution in [-0.4, -0.2) is 12.7 Å². The highest BCUT2D eigenvalue weighted by atomic mass is 127. The van der Waals surface area contributed by atoms with E-state index in [9.17, 15) is 13.2 Å². The topological polar surface area (TPSA) is 12.0 Å². The predicted molar refractivity (Wildman–Crippen MR) is 75.9 cm³/mol. The second-order valence-electron chi connectivity index (χ2n) is 3.93. The quantitative estimate of drug-likeness (QED) is 0.701. The molecule has 0 saturated heterocycles. The first-order valence-electron chi connectivity index (χ1n) is 5.58. The van der Waals surface area contributed by atoms with Crippen molar-refractivity contribution in [2.75, 3.05) is 6.54 Å². The zero-order valence-corrected chi connectivity index (χ0v) is 12.7. The van der Waals surface area contributed by atoms with Crippen LogP contribution in [0.5, 0.6) is 0 Å². The highest BCUT2D eigenvalue weighted by Crippen LogP contribution is 2.31. The lowest BCUT2D eigenvalue weighted by Crippen LogP contribution is -2.23. The smallest absolute Gasteiger partial charge is 0.310 e. The van der Waals surface area contributed by atoms with E-state index in [2.05, 4.69) is 27.9 Å². The fourth-order valence-corrected chi connectivity index (χ4v) is 2.60. The predicted octanol–water partition coefficient (Wildman–Crippen LogP) is 4.94. The van der Waals surface area contributed by atoms with Gasteiger partial charge in [0.1, 0.15) is 0 Å². The van der Waals surface area contributed by atoms with Crippen molar-refractivity contribution in [3.63, 3.8) is 0 Å². The molecule has 6 heteroatoms. The van der Waals surface area contributed by atoms with Crippen molar-refractivity contribution < 1.29 is 13.2 Å². The Bertz CT molecular complexity index is 395. The molecular formula is C12H14ClF3IN. The maximum absolute atomic E-state index is 12.3. The number of halogens is 5. The Morgan fingerprint density at radius 2 is 2.06 bits per heavy atom. The summed E-state index contributed by atoms with van der Waals surface area (Å²) >= 11 is 8.01. The van der Waals surface area contributed by atoms with Crippen LogP contribution in [0.1, 0.15) is 31.4 Å². The van der Waals surface area contributed by atoms with Crippen molar-refractivity contribution in [1.82, 2.24) is 5.32 Å². The van der Waals surface area contributed by atoms with Crippen LogP contribution >= 0.6 is 34.2 Å². The molecule has 0 fully saturated rings. The normalized spacial score (nSPS) is 13.7. The van der Waals surface area contributed by atoms with Crippen LogP contribution in [0.2, 0.25) is 5.02 Å². The fourth-order valence-electron chi connectivity index (χ4n) is 1.70. The lowest BCUT2D eigenvalue weighted by Gasteiger charge is -2.20. The van der Waals surface area contributed by atoms with Gasteiger partial charge in [0, 0.05) is 21.1 Å². The van der Waals surface area contributed by atoms with E-state index in [4.69, 9.17) is 11.6 Å². The number of alkyl halides is 3. The van der Waals surface area contributed by atoms with Gasteiger partial charge >= 0.3 is 6.18 Å². The van der Waals surface area contributed by atoms with Crippen LogP contribution in [0.25, 0.3) is 0 Å². The molecule has 0 heterocycles. The molecule has 0 aliphatic rings. The van der Waals surface area contributed by atoms with E-state index in [1.54, 1.807) is 12.1 Å². The summed E-state index contributed by atoms with van der Waals surface area (Å²) in [4.78, 5) is 0. The summed E-state index contributed by atoms with van der Waals surface area (Å²) in [7, 11) is 0. The molecule has 0 saturated carbocycles. The summed E-state index contributed by atoms with van der Waals surface area (Å²) in [5.74, 6) is 0. The minimum Gasteiger partial charge on any atom is -0.310 e. The van der Waals surface area contributed by atoms with E-state index >= 15 is 0 Å². The Morgan fingerprint density at radius 1 is 1.39 bits per heavy atom. The largest absolute Gasteiger partial charge is 0.389 e. The molecule has 0 bridgehead atoms. The number of benzene rings is 1. The summed E-state index contributed by atoms with van der Waals surface area (Å²) in [5, 5.41) is 3.62. The van der Waals surface area contributed by atoms with Crippen LogP contribution in [0.4, 0.5) is 13.2 Å². The Morgan fingerprint density at radius 3 is 2.61 bits per heavy atom. The molecule has 1 unspecified atom stereocenters. The first-order chi connectivity index (χ1) is 8.33. The van der Waals surface area contributed by atoms with Crippen molar-refractivity contribution in [2.24, 2.45) is 0 Å². The molecule has 0 spiro atoms. The van der Waals surface area contributed by atoms with Gasteiger partial charge in [0.05, 0.1) is 0 Å². The Balaban J connectivity index is 2.86. The summed E-state index contributed by atoms with van der Waals surface area (Å²) < 4.78 is 37.8. The van der Waals surface area contributed by atoms with Gasteiger partial charge in [0.25, 0.3) is 0 Å². The van der Waals surface area contributed by atoms with Gasteiger partial charge in [-0.3, -0.25) is 0 Å². The van der Waals surface area contributed by atoms with Crippen molar-refractivity contribution in [3.8, 4) is 0 Å². The average Bonchev–Trinajstić information content (AvgIpc) is 2.26. The third-order valence-corrected chi connectivity index (χ3v) is 3.72. The summed E-state index contributed by atoms with van der Waals surface area (Å²) in [6, 6.07) is 4.96. The molecule has 102 valence electrons. The number of hydrogen-bond acceptors (Lipinski definition) is 1. The summed E-state index contributed by atoms with van der Waals surface area (Å²) in [6.45, 7) is 2.49. The summed E-state index contributed by atoms with van der Waals surface area (Å²) in [5.41, 5.74) is 0.828. The molecular weight excluding hydrogens is 377 g/mol. The first kappa shape index (κ1) is 16.0. The monoisotopic (exact) mass is 391 g/mol. The molecule has 1 nitrogen and oxygen atoms in total. The van der Waals surface area contributed by atoms with Gasteiger partial charge in [0.15, 0.2) is 0 Å². The third-order valence-electron chi connectivity index (χ3n) is 2.50. The van der Waals surface area contributed by atoms with Gasteiger partial charge in [-0.15, -0.1) is 0 Å². The highest BCUT2D eigenvalue weighted by Gasteiger charge is 2.29. The van der Waals surface area contributed by atoms with Crippen LogP contribution < -0.4 is 5.32 Å². The third kappa shape index (κ3) is 5.32. The maximum Gasteiger partial charge on any atom is 0.389 e. The van der Waals surface area contributed by atoms with E-state index in [1.807, 2.05) is 13.0 Å². The van der Waals surface area contributed by atoms with Crippen LogP contribution in [0, 0.1) is 3.57 Å². The standard InChI is InChI=1S/C12H14ClF3IN/c1-2-18-11(5-6-12(14,15)16)9-7-8(13)3-4-10(9)17/h3-4,7,11,18H,2,5-6H2,1H3. The van der Waals surface area contributed by atoms with E-state index in [0.717, 1.165) is 9.13 Å². The first-order valence-corrected chi connectivity index (χ1v) is 7.04. The second-order valence-corrected chi connectivity index (χ2v) is 5.53. The van der Waals surface area contributed by atoms with E-state index in [1.165, 1.54) is 0 Å². The SMILES string of the molecule is CCNC(CCC(F)(F)F)c1cc(Cl)ccc1I. The molecule has 1 aromatic rings. The minimum absolute atomic E-state index is 0.0215. The van der Waals surface area contributed by atoms with Gasteiger partial charge in [0.2, 0.25) is 0 Å². The van der Waals surface area contributed by atoms with Crippen molar-refractivity contribution in [1.29, 1.82) is 0 Å². The zero-order valence-electron chi connectivity index (χ0n) is 9.82. The molecule has 1 N–H and O–H groups in total. The van der Waals surface area contributed by atoms with E-state index in [0.29, 0.717) is 11.6 Å². The van der Waals surface area contributed by atoms with Gasteiger partial charge in [-0.1, -0.05) is 18.5 Å². The Kier molecular flexibility index (Phi) is 6.20. The lowest BCUT2D eigenvalue weighted by atomic mass is 10.0. The molecule has 0 aliphatic carbocycles. The molecule has 1 rings (SSSR count). The number of hydrogen-bond donors (Lipinski definition) is 1. The molecule has 18 heavy (non-hydrogen) atoms. The minimum atomic E-state index is -4.13. The van der Waals surface area contributed by atoms with Crippen LogP contribution in [0.15, 0.2) is 18.2 Å². The number of rotatable bonds is 5. The van der Waals surface area contributed by atoms with Gasteiger partial charge in [-0.2, -0.15) is 13.2 Å². The van der Waals surface area contributed by atoms with Crippen LogP contribution in [-0.2, 0) is 0 Å². The molecule has 0 aliphatic heterocycles. The zero-order chi connectivity index (χ0) is 13.8. The molecule has 1 aromatic carbocycles. The van der Waals surface area contributed by atoms with Crippen LogP contribution in [0.3, 0.4) is 0 Å². The van der Waals surface area contributed by atoms with Crippen molar-refractivity contribution >= 4 is 34.2 Å². The van der Waals surface area contributed by atoms with Gasteiger partial charge in [-0.05, 0) is 59.3 Å². The van der Waals surface area contributed by atoms with Gasteiger partial charge < -0.3 is 5.32 Å². The van der Waals surface area contributed by atoms with E-state index < -0.39 is 12.6 Å². The molecule has 0 radical (unpaired) electrons. The maximum atomic E-state index is 12.3. The summed E-state index contributed by atoms with van der Waals surface area (Å²) in [6.07, 6.45) is -4.90. The molecule has 1 atom stereocenters. The van der Waals surface area contributed by atoms with Gasteiger partial charge in [-0.25, -0.2) is 0 Å². The fraction of sp³-hybridized carbons (Fsp3) is 0.500. The lowest BCUT2D eigenvalue weighted by molar-refractivity contribution is -0.136. The van der Waals surface area contributed by atoms with E-state index in [-0.39, 0.29) is 12.5 Å². The van der Waals surface area contributed by atoms with Crippen molar-refractivity contribution in [3.05, 3.63) is 32.4 Å². The second kappa shape index (κ2) is 6.96. The molecule has 0 aromatic heterocycles. The number of nitrogens with one attached hydrogen (secondary N) is 1. The van der Waals surface area contributed by atoms with Crippen molar-refractivity contribution in [2.45, 2.75) is 32.0 Å².